The van der Waals surface area contributed by atoms with E-state index in [0.29, 0.717) is 32.2 Å². The Morgan fingerprint density at radius 1 is 1.27 bits per heavy atom. The molecule has 0 aliphatic heterocycles. The molecule has 2 aromatic heterocycles. The Morgan fingerprint density at radius 3 is 2.64 bits per heavy atom. The van der Waals surface area contributed by atoms with Crippen LogP contribution >= 0.6 is 46.3 Å². The molecule has 174 valence electrons. The van der Waals surface area contributed by atoms with Crippen molar-refractivity contribution in [2.45, 2.75) is 19.0 Å². The third kappa shape index (κ3) is 5.49. The van der Waals surface area contributed by atoms with E-state index in [0.717, 1.165) is 23.1 Å². The largest absolute Gasteiger partial charge is 0.462 e. The highest BCUT2D eigenvalue weighted by Gasteiger charge is 2.26. The summed E-state index contributed by atoms with van der Waals surface area (Å²) in [6.07, 6.45) is 0. The summed E-state index contributed by atoms with van der Waals surface area (Å²) < 4.78 is 6.76. The minimum Gasteiger partial charge on any atom is -0.462 e. The van der Waals surface area contributed by atoms with Crippen LogP contribution in [0.4, 0.5) is 5.00 Å². The number of thioether (sulfide) groups is 1. The number of rotatable bonds is 8. The van der Waals surface area contributed by atoms with Gasteiger partial charge in [0.2, 0.25) is 5.91 Å². The van der Waals surface area contributed by atoms with Gasteiger partial charge in [0.05, 0.1) is 27.8 Å². The predicted molar refractivity (Wildman–Crippen MR) is 129 cm³/mol. The molecule has 3 aromatic rings. The topological polar surface area (TPSA) is 129 Å². The number of halogens is 2. The zero-order chi connectivity index (χ0) is 24.3. The van der Waals surface area contributed by atoms with Gasteiger partial charge in [0.25, 0.3) is 5.91 Å². The maximum absolute atomic E-state index is 12.6. The van der Waals surface area contributed by atoms with E-state index in [9.17, 15) is 14.4 Å². The molecule has 0 unspecified atom stereocenters. The first-order chi connectivity index (χ1) is 15.6. The lowest BCUT2D eigenvalue weighted by Gasteiger charge is -2.08. The summed E-state index contributed by atoms with van der Waals surface area (Å²) in [6, 6.07) is 5.04. The molecule has 0 bridgehead atoms. The summed E-state index contributed by atoms with van der Waals surface area (Å²) in [5.74, 6) is -1.24. The highest BCUT2D eigenvalue weighted by molar-refractivity contribution is 7.99. The van der Waals surface area contributed by atoms with Crippen LogP contribution in [-0.4, -0.2) is 44.9 Å². The highest BCUT2D eigenvalue weighted by atomic mass is 35.5. The van der Waals surface area contributed by atoms with Crippen molar-refractivity contribution in [1.82, 2.24) is 14.8 Å². The number of nitrogens with two attached hydrogens (primary N) is 1. The SMILES string of the molecule is CCOC(=O)c1c(NC(=O)CSc2nnc(-c3ccc(Cl)cc3Cl)n2C)sc(C(N)=O)c1C. The quantitative estimate of drug-likeness (QED) is 0.332. The summed E-state index contributed by atoms with van der Waals surface area (Å²) in [4.78, 5) is 36.8. The van der Waals surface area contributed by atoms with E-state index in [2.05, 4.69) is 15.5 Å². The number of hydrogen-bond acceptors (Lipinski definition) is 8. The van der Waals surface area contributed by atoms with E-state index in [4.69, 9.17) is 33.7 Å². The van der Waals surface area contributed by atoms with Crippen LogP contribution in [0.25, 0.3) is 11.4 Å². The van der Waals surface area contributed by atoms with Crippen molar-refractivity contribution in [1.29, 1.82) is 0 Å². The number of carbonyl (C=O) groups excluding carboxylic acids is 3. The molecule has 13 heteroatoms. The molecule has 3 N–H and O–H groups in total. The Morgan fingerprint density at radius 2 is 2.00 bits per heavy atom. The van der Waals surface area contributed by atoms with E-state index in [1.54, 1.807) is 43.7 Å². The molecule has 0 spiro atoms. The van der Waals surface area contributed by atoms with Crippen molar-refractivity contribution < 1.29 is 19.1 Å². The van der Waals surface area contributed by atoms with E-state index >= 15 is 0 Å². The first kappa shape index (κ1) is 25.0. The molecule has 1 aromatic carbocycles. The van der Waals surface area contributed by atoms with Gasteiger partial charge in [-0.3, -0.25) is 9.59 Å². The predicted octanol–water partition coefficient (Wildman–Crippen LogP) is 4.17. The van der Waals surface area contributed by atoms with Crippen LogP contribution in [0.15, 0.2) is 23.4 Å². The van der Waals surface area contributed by atoms with Crippen LogP contribution in [0.5, 0.6) is 0 Å². The number of anilines is 1. The van der Waals surface area contributed by atoms with Gasteiger partial charge in [0, 0.05) is 17.6 Å². The number of benzene rings is 1. The summed E-state index contributed by atoms with van der Waals surface area (Å²) >= 11 is 14.3. The van der Waals surface area contributed by atoms with Gasteiger partial charge in [-0.25, -0.2) is 4.79 Å². The molecule has 3 rings (SSSR count). The second-order valence-corrected chi connectivity index (χ2v) is 9.48. The van der Waals surface area contributed by atoms with Gasteiger partial charge in [-0.05, 0) is 37.6 Å². The fourth-order valence-electron chi connectivity index (χ4n) is 2.92. The Balaban J connectivity index is 1.75. The van der Waals surface area contributed by atoms with Gasteiger partial charge in [-0.1, -0.05) is 35.0 Å². The Labute approximate surface area is 207 Å². The molecule has 0 radical (unpaired) electrons. The molecular weight excluding hydrogens is 509 g/mol. The van der Waals surface area contributed by atoms with Crippen molar-refractivity contribution in [3.05, 3.63) is 44.2 Å². The first-order valence-electron chi connectivity index (χ1n) is 9.51. The van der Waals surface area contributed by atoms with Crippen LogP contribution < -0.4 is 11.1 Å². The number of hydrogen-bond donors (Lipinski definition) is 2. The summed E-state index contributed by atoms with van der Waals surface area (Å²) in [7, 11) is 1.75. The maximum Gasteiger partial charge on any atom is 0.341 e. The van der Waals surface area contributed by atoms with Crippen LogP contribution in [0, 0.1) is 6.92 Å². The molecule has 0 aliphatic carbocycles. The van der Waals surface area contributed by atoms with Crippen LogP contribution in [0.3, 0.4) is 0 Å². The van der Waals surface area contributed by atoms with Crippen molar-refractivity contribution in [2.24, 2.45) is 12.8 Å². The molecule has 0 saturated carbocycles. The molecular formula is C20H19Cl2N5O4S2. The normalized spacial score (nSPS) is 10.8. The molecule has 9 nitrogen and oxygen atoms in total. The van der Waals surface area contributed by atoms with Gasteiger partial charge < -0.3 is 20.4 Å². The monoisotopic (exact) mass is 527 g/mol. The summed E-state index contributed by atoms with van der Waals surface area (Å²) in [5.41, 5.74) is 6.53. The lowest BCUT2D eigenvalue weighted by atomic mass is 10.1. The van der Waals surface area contributed by atoms with Gasteiger partial charge in [0.1, 0.15) is 5.00 Å². The lowest BCUT2D eigenvalue weighted by Crippen LogP contribution is -2.17. The van der Waals surface area contributed by atoms with E-state index in [-0.39, 0.29) is 27.8 Å². The van der Waals surface area contributed by atoms with Crippen molar-refractivity contribution in [2.75, 3.05) is 17.7 Å². The Hall–Kier alpha value is -2.60. The van der Waals surface area contributed by atoms with Crippen molar-refractivity contribution in [3.8, 4) is 11.4 Å². The zero-order valence-corrected chi connectivity index (χ0v) is 20.9. The first-order valence-corrected chi connectivity index (χ1v) is 12.1. The van der Waals surface area contributed by atoms with Crippen molar-refractivity contribution in [3.63, 3.8) is 0 Å². The fraction of sp³-hybridized carbons (Fsp3) is 0.250. The number of nitrogens with zero attached hydrogens (tertiary/aromatic N) is 3. The average Bonchev–Trinajstić information content (AvgIpc) is 3.26. The third-order valence-electron chi connectivity index (χ3n) is 4.44. The second-order valence-electron chi connectivity index (χ2n) is 6.67. The third-order valence-corrected chi connectivity index (χ3v) is 7.23. The number of aromatic nitrogens is 3. The van der Waals surface area contributed by atoms with Gasteiger partial charge in [-0.15, -0.1) is 21.5 Å². The smallest absolute Gasteiger partial charge is 0.341 e. The van der Waals surface area contributed by atoms with E-state index < -0.39 is 17.8 Å². The van der Waals surface area contributed by atoms with Crippen LogP contribution in [0.2, 0.25) is 10.0 Å². The van der Waals surface area contributed by atoms with Crippen LogP contribution in [-0.2, 0) is 16.6 Å². The number of thiophene rings is 1. The molecule has 33 heavy (non-hydrogen) atoms. The van der Waals surface area contributed by atoms with E-state index in [1.165, 1.54) is 0 Å². The summed E-state index contributed by atoms with van der Waals surface area (Å²) in [5, 5.41) is 12.6. The Kier molecular flexibility index (Phi) is 8.01. The average molecular weight is 528 g/mol. The fourth-order valence-corrected chi connectivity index (χ4v) is 5.19. The van der Waals surface area contributed by atoms with Gasteiger partial charge >= 0.3 is 5.97 Å². The second kappa shape index (κ2) is 10.6. The van der Waals surface area contributed by atoms with Crippen LogP contribution in [0.1, 0.15) is 32.5 Å². The molecule has 0 saturated heterocycles. The number of carbonyl (C=O) groups is 3. The van der Waals surface area contributed by atoms with Gasteiger partial charge in [-0.2, -0.15) is 0 Å². The number of ether oxygens (including phenoxy) is 1. The molecule has 2 heterocycles. The summed E-state index contributed by atoms with van der Waals surface area (Å²) in [6.45, 7) is 3.39. The highest BCUT2D eigenvalue weighted by Crippen LogP contribution is 2.34. The zero-order valence-electron chi connectivity index (χ0n) is 17.8. The lowest BCUT2D eigenvalue weighted by molar-refractivity contribution is -0.113. The number of primary amides is 1. The number of amides is 2. The van der Waals surface area contributed by atoms with Gasteiger partial charge in [0.15, 0.2) is 11.0 Å². The Bertz CT molecular complexity index is 1240. The standard InChI is InChI=1S/C20H19Cl2N5O4S2/c1-4-31-19(30)14-9(2)15(16(23)29)33-18(14)24-13(28)8-32-20-26-25-17(27(20)3)11-6-5-10(21)7-12(11)22/h5-7H,4,8H2,1-3H3,(H2,23,29)(H,24,28). The molecule has 0 atom stereocenters. The van der Waals surface area contributed by atoms with Crippen molar-refractivity contribution >= 4 is 69.1 Å². The number of nitrogens with one attached hydrogen (secondary N) is 1. The minimum absolute atomic E-state index is 0.0224. The molecule has 2 amide bonds. The minimum atomic E-state index is -0.689. The number of esters is 1. The molecule has 0 fully saturated rings. The molecule has 0 aliphatic rings. The van der Waals surface area contributed by atoms with E-state index in [1.807, 2.05) is 0 Å². The maximum atomic E-state index is 12.6.